The third-order valence-electron chi connectivity index (χ3n) is 3.32. The molecule has 0 bridgehead atoms. The van der Waals surface area contributed by atoms with Crippen molar-refractivity contribution < 1.29 is 21.6 Å². The first-order valence-corrected chi connectivity index (χ1v) is 7.97. The van der Waals surface area contributed by atoms with E-state index in [1.54, 1.807) is 7.05 Å². The lowest BCUT2D eigenvalue weighted by Crippen LogP contribution is -2.35. The minimum Gasteiger partial charge on any atom is -0.346 e. The predicted molar refractivity (Wildman–Crippen MR) is 71.3 cm³/mol. The molecule has 1 aliphatic rings. The summed E-state index contributed by atoms with van der Waals surface area (Å²) in [5.41, 5.74) is 0.763. The Kier molecular flexibility index (Phi) is 4.36. The first kappa shape index (κ1) is 16.3. The molecule has 5 nitrogen and oxygen atoms in total. The molecule has 0 saturated heterocycles. The van der Waals surface area contributed by atoms with Crippen LogP contribution in [0.4, 0.5) is 13.2 Å². The Balaban J connectivity index is 2.29. The molecule has 0 aliphatic heterocycles. The largest absolute Gasteiger partial charge is 0.402 e. The van der Waals surface area contributed by atoms with Crippen LogP contribution >= 0.6 is 0 Å². The van der Waals surface area contributed by atoms with E-state index in [0.717, 1.165) is 25.6 Å². The average Bonchev–Trinajstić information content (AvgIpc) is 3.09. The Morgan fingerprint density at radius 3 is 2.52 bits per heavy atom. The van der Waals surface area contributed by atoms with Gasteiger partial charge in [0.2, 0.25) is 10.0 Å². The Morgan fingerprint density at radius 1 is 1.43 bits per heavy atom. The molecule has 0 unspecified atom stereocenters. The van der Waals surface area contributed by atoms with Gasteiger partial charge in [0, 0.05) is 31.5 Å². The van der Waals surface area contributed by atoms with Crippen LogP contribution in [0.5, 0.6) is 0 Å². The maximum atomic E-state index is 12.4. The van der Waals surface area contributed by atoms with Crippen LogP contribution in [-0.2, 0) is 16.6 Å². The summed E-state index contributed by atoms with van der Waals surface area (Å²) in [4.78, 5) is -0.0913. The fourth-order valence-corrected chi connectivity index (χ4v) is 3.38. The van der Waals surface area contributed by atoms with Crippen LogP contribution in [0.1, 0.15) is 24.6 Å². The van der Waals surface area contributed by atoms with Gasteiger partial charge in [0.15, 0.2) is 0 Å². The molecule has 1 aromatic heterocycles. The molecule has 0 amide bonds. The third-order valence-corrected chi connectivity index (χ3v) is 5.08. The summed E-state index contributed by atoms with van der Waals surface area (Å²) in [7, 11) is -1.46. The van der Waals surface area contributed by atoms with Crippen molar-refractivity contribution in [3.63, 3.8) is 0 Å². The first-order valence-electron chi connectivity index (χ1n) is 6.53. The number of alkyl halides is 3. The molecule has 0 spiro atoms. The van der Waals surface area contributed by atoms with E-state index in [1.165, 1.54) is 12.3 Å². The van der Waals surface area contributed by atoms with E-state index in [1.807, 2.05) is 4.57 Å². The summed E-state index contributed by atoms with van der Waals surface area (Å²) in [6.07, 6.45) is -1.20. The summed E-state index contributed by atoms with van der Waals surface area (Å²) < 4.78 is 63.7. The van der Waals surface area contributed by atoms with Crippen molar-refractivity contribution in [3.8, 4) is 0 Å². The number of sulfonamides is 1. The second-order valence-electron chi connectivity index (χ2n) is 5.21. The lowest BCUT2D eigenvalue weighted by Gasteiger charge is -2.17. The fraction of sp³-hybridized carbons (Fsp3) is 0.667. The zero-order valence-electron chi connectivity index (χ0n) is 11.8. The van der Waals surface area contributed by atoms with E-state index in [-0.39, 0.29) is 10.9 Å². The van der Waals surface area contributed by atoms with Gasteiger partial charge in [-0.15, -0.1) is 0 Å². The Bertz CT molecular complexity index is 606. The second kappa shape index (κ2) is 5.62. The molecule has 1 fully saturated rings. The van der Waals surface area contributed by atoms with Gasteiger partial charge in [-0.1, -0.05) is 0 Å². The van der Waals surface area contributed by atoms with Gasteiger partial charge in [-0.3, -0.25) is 0 Å². The fourth-order valence-electron chi connectivity index (χ4n) is 2.17. The molecular weight excluding hydrogens is 307 g/mol. The standard InChI is InChI=1S/C12H18F3N3O2S/c1-16-6-10-5-11(7-18(10)9-3-4-9)21(19,20)17(2)8-12(13,14)15/h5,7,9,16H,3-4,6,8H2,1-2H3. The van der Waals surface area contributed by atoms with Gasteiger partial charge in [-0.05, 0) is 26.0 Å². The molecule has 1 saturated carbocycles. The lowest BCUT2D eigenvalue weighted by molar-refractivity contribution is -0.134. The van der Waals surface area contributed by atoms with Crippen LogP contribution in [0, 0.1) is 0 Å². The normalized spacial score (nSPS) is 16.7. The second-order valence-corrected chi connectivity index (χ2v) is 7.26. The number of halogens is 3. The van der Waals surface area contributed by atoms with E-state index in [2.05, 4.69) is 5.32 Å². The minimum atomic E-state index is -4.56. The quantitative estimate of drug-likeness (QED) is 0.866. The Morgan fingerprint density at radius 2 is 2.05 bits per heavy atom. The van der Waals surface area contributed by atoms with Crippen molar-refractivity contribution in [2.24, 2.45) is 0 Å². The average molecular weight is 325 g/mol. The molecule has 1 heterocycles. The summed E-state index contributed by atoms with van der Waals surface area (Å²) in [6.45, 7) is -1.03. The summed E-state index contributed by atoms with van der Waals surface area (Å²) in [5.74, 6) is 0. The van der Waals surface area contributed by atoms with E-state index in [4.69, 9.17) is 0 Å². The van der Waals surface area contributed by atoms with Crippen molar-refractivity contribution in [1.29, 1.82) is 0 Å². The Labute approximate surface area is 121 Å². The molecule has 1 aromatic rings. The highest BCUT2D eigenvalue weighted by Gasteiger charge is 2.36. The topological polar surface area (TPSA) is 54.3 Å². The van der Waals surface area contributed by atoms with E-state index >= 15 is 0 Å². The molecule has 2 rings (SSSR count). The van der Waals surface area contributed by atoms with Crippen LogP contribution in [0.15, 0.2) is 17.2 Å². The smallest absolute Gasteiger partial charge is 0.346 e. The molecular formula is C12H18F3N3O2S. The first-order chi connectivity index (χ1) is 9.65. The highest BCUT2D eigenvalue weighted by molar-refractivity contribution is 7.89. The highest BCUT2D eigenvalue weighted by Crippen LogP contribution is 2.37. The van der Waals surface area contributed by atoms with Crippen LogP contribution in [0.25, 0.3) is 0 Å². The predicted octanol–water partition coefficient (Wildman–Crippen LogP) is 1.73. The number of rotatable bonds is 6. The van der Waals surface area contributed by atoms with Crippen LogP contribution in [-0.4, -0.2) is 44.1 Å². The molecule has 0 atom stereocenters. The number of hydrogen-bond donors (Lipinski definition) is 1. The van der Waals surface area contributed by atoms with Gasteiger partial charge in [0.1, 0.15) is 11.4 Å². The molecule has 21 heavy (non-hydrogen) atoms. The molecule has 9 heteroatoms. The van der Waals surface area contributed by atoms with Crippen LogP contribution < -0.4 is 5.32 Å². The Hall–Kier alpha value is -1.06. The van der Waals surface area contributed by atoms with Crippen molar-refractivity contribution in [2.75, 3.05) is 20.6 Å². The van der Waals surface area contributed by atoms with E-state index < -0.39 is 22.7 Å². The van der Waals surface area contributed by atoms with E-state index in [0.29, 0.717) is 10.8 Å². The van der Waals surface area contributed by atoms with Gasteiger partial charge < -0.3 is 9.88 Å². The van der Waals surface area contributed by atoms with Crippen LogP contribution in [0.2, 0.25) is 0 Å². The number of aromatic nitrogens is 1. The number of nitrogens with zero attached hydrogens (tertiary/aromatic N) is 2. The third kappa shape index (κ3) is 3.78. The molecule has 1 N–H and O–H groups in total. The summed E-state index contributed by atoms with van der Waals surface area (Å²) in [6, 6.07) is 1.70. The zero-order valence-corrected chi connectivity index (χ0v) is 12.6. The van der Waals surface area contributed by atoms with Gasteiger partial charge in [-0.2, -0.15) is 17.5 Å². The van der Waals surface area contributed by atoms with Crippen molar-refractivity contribution in [2.45, 2.75) is 36.5 Å². The molecule has 0 radical (unpaired) electrons. The zero-order chi connectivity index (χ0) is 15.8. The van der Waals surface area contributed by atoms with Gasteiger partial charge >= 0.3 is 6.18 Å². The SMILES string of the molecule is CNCc1cc(S(=O)(=O)N(C)CC(F)(F)F)cn1C1CC1. The van der Waals surface area contributed by atoms with Crippen molar-refractivity contribution >= 4 is 10.0 Å². The summed E-state index contributed by atoms with van der Waals surface area (Å²) >= 11 is 0. The number of nitrogens with one attached hydrogen (secondary N) is 1. The monoisotopic (exact) mass is 325 g/mol. The number of hydrogen-bond acceptors (Lipinski definition) is 3. The maximum Gasteiger partial charge on any atom is 0.402 e. The van der Waals surface area contributed by atoms with E-state index in [9.17, 15) is 21.6 Å². The van der Waals surface area contributed by atoms with Crippen LogP contribution in [0.3, 0.4) is 0 Å². The van der Waals surface area contributed by atoms with Crippen molar-refractivity contribution in [3.05, 3.63) is 18.0 Å². The minimum absolute atomic E-state index is 0.0913. The highest BCUT2D eigenvalue weighted by atomic mass is 32.2. The maximum absolute atomic E-state index is 12.4. The van der Waals surface area contributed by atoms with Crippen molar-refractivity contribution in [1.82, 2.24) is 14.2 Å². The molecule has 0 aromatic carbocycles. The lowest BCUT2D eigenvalue weighted by atomic mass is 10.4. The molecule has 1 aliphatic carbocycles. The van der Waals surface area contributed by atoms with Gasteiger partial charge in [0.25, 0.3) is 0 Å². The summed E-state index contributed by atoms with van der Waals surface area (Å²) in [5, 5.41) is 2.93. The van der Waals surface area contributed by atoms with Gasteiger partial charge in [0.05, 0.1) is 0 Å². The van der Waals surface area contributed by atoms with Gasteiger partial charge in [-0.25, -0.2) is 8.42 Å². The molecule has 120 valence electrons.